The zero-order valence-electron chi connectivity index (χ0n) is 12.8. The zero-order valence-corrected chi connectivity index (χ0v) is 12.8. The lowest BCUT2D eigenvalue weighted by Gasteiger charge is -2.36. The van der Waals surface area contributed by atoms with Gasteiger partial charge in [-0.3, -0.25) is 9.59 Å². The molecule has 2 heterocycles. The maximum Gasteiger partial charge on any atom is 0.228 e. The Balaban J connectivity index is 1.64. The Labute approximate surface area is 126 Å². The van der Waals surface area contributed by atoms with Crippen LogP contribution in [0.3, 0.4) is 0 Å². The van der Waals surface area contributed by atoms with Gasteiger partial charge in [0.1, 0.15) is 0 Å². The molecule has 5 nitrogen and oxygen atoms in total. The van der Waals surface area contributed by atoms with Crippen LogP contribution in [0.1, 0.15) is 51.4 Å². The molecule has 1 saturated carbocycles. The molecule has 2 atom stereocenters. The number of carbonyl (C=O) groups is 2. The van der Waals surface area contributed by atoms with E-state index in [2.05, 4.69) is 0 Å². The summed E-state index contributed by atoms with van der Waals surface area (Å²) in [7, 11) is 0. The second kappa shape index (κ2) is 6.34. The molecule has 3 rings (SSSR count). The minimum Gasteiger partial charge on any atom is -0.339 e. The molecule has 0 bridgehead atoms. The van der Waals surface area contributed by atoms with Gasteiger partial charge in [-0.25, -0.2) is 0 Å². The van der Waals surface area contributed by atoms with Crippen LogP contribution in [-0.4, -0.2) is 53.3 Å². The van der Waals surface area contributed by atoms with E-state index in [1.165, 1.54) is 12.8 Å². The van der Waals surface area contributed by atoms with Crippen LogP contribution in [0.25, 0.3) is 0 Å². The molecule has 1 aliphatic carbocycles. The molecule has 2 aliphatic heterocycles. The highest BCUT2D eigenvalue weighted by molar-refractivity contribution is 5.89. The molecule has 2 N–H and O–H groups in total. The van der Waals surface area contributed by atoms with Crippen LogP contribution in [0, 0.1) is 5.92 Å². The molecule has 0 aromatic rings. The molecule has 118 valence electrons. The average Bonchev–Trinajstić information content (AvgIpc) is 3.15. The Morgan fingerprint density at radius 1 is 1.14 bits per heavy atom. The number of hydrogen-bond donors (Lipinski definition) is 1. The van der Waals surface area contributed by atoms with Crippen LogP contribution in [0.2, 0.25) is 0 Å². The van der Waals surface area contributed by atoms with E-state index in [0.29, 0.717) is 25.6 Å². The SMILES string of the molecule is NCC1CCCCN1C(=O)C1CC(=O)N(C2CCCC2)C1. The van der Waals surface area contributed by atoms with Crippen molar-refractivity contribution < 1.29 is 9.59 Å². The van der Waals surface area contributed by atoms with E-state index in [-0.39, 0.29) is 23.8 Å². The van der Waals surface area contributed by atoms with Gasteiger partial charge in [-0.15, -0.1) is 0 Å². The maximum atomic E-state index is 12.8. The van der Waals surface area contributed by atoms with Gasteiger partial charge in [0.15, 0.2) is 0 Å². The number of nitrogens with zero attached hydrogens (tertiary/aromatic N) is 2. The van der Waals surface area contributed by atoms with Crippen molar-refractivity contribution in [3.8, 4) is 0 Å². The predicted molar refractivity (Wildman–Crippen MR) is 80.5 cm³/mol. The van der Waals surface area contributed by atoms with Crippen LogP contribution in [0.15, 0.2) is 0 Å². The van der Waals surface area contributed by atoms with E-state index in [1.54, 1.807) is 0 Å². The van der Waals surface area contributed by atoms with E-state index >= 15 is 0 Å². The van der Waals surface area contributed by atoms with Gasteiger partial charge in [0.2, 0.25) is 11.8 Å². The quantitative estimate of drug-likeness (QED) is 0.848. The first kappa shape index (κ1) is 14.8. The van der Waals surface area contributed by atoms with Crippen molar-refractivity contribution in [2.24, 2.45) is 11.7 Å². The molecule has 2 unspecified atom stereocenters. The molecule has 0 spiro atoms. The largest absolute Gasteiger partial charge is 0.339 e. The number of rotatable bonds is 3. The van der Waals surface area contributed by atoms with Crippen molar-refractivity contribution in [1.29, 1.82) is 0 Å². The fourth-order valence-corrected chi connectivity index (χ4v) is 4.24. The van der Waals surface area contributed by atoms with E-state index in [0.717, 1.165) is 38.6 Å². The van der Waals surface area contributed by atoms with Crippen LogP contribution < -0.4 is 5.73 Å². The number of amides is 2. The third-order valence-electron chi connectivity index (χ3n) is 5.46. The van der Waals surface area contributed by atoms with Crippen molar-refractivity contribution in [2.45, 2.75) is 63.5 Å². The Kier molecular flexibility index (Phi) is 4.48. The van der Waals surface area contributed by atoms with Crippen LogP contribution in [0.5, 0.6) is 0 Å². The number of carbonyl (C=O) groups excluding carboxylic acids is 2. The first-order valence-electron chi connectivity index (χ1n) is 8.50. The molecule has 0 aromatic carbocycles. The van der Waals surface area contributed by atoms with Crippen LogP contribution in [-0.2, 0) is 9.59 Å². The van der Waals surface area contributed by atoms with Gasteiger partial charge in [0, 0.05) is 38.1 Å². The third-order valence-corrected chi connectivity index (χ3v) is 5.46. The molecule has 0 aromatic heterocycles. The molecule has 21 heavy (non-hydrogen) atoms. The molecule has 5 heteroatoms. The summed E-state index contributed by atoms with van der Waals surface area (Å²) in [6.07, 6.45) is 8.30. The fraction of sp³-hybridized carbons (Fsp3) is 0.875. The third kappa shape index (κ3) is 2.93. The molecular formula is C16H27N3O2. The first-order valence-corrected chi connectivity index (χ1v) is 8.50. The van der Waals surface area contributed by atoms with Gasteiger partial charge < -0.3 is 15.5 Å². The molecular weight excluding hydrogens is 266 g/mol. The van der Waals surface area contributed by atoms with Gasteiger partial charge in [-0.2, -0.15) is 0 Å². The molecule has 3 fully saturated rings. The van der Waals surface area contributed by atoms with Crippen LogP contribution >= 0.6 is 0 Å². The summed E-state index contributed by atoms with van der Waals surface area (Å²) in [6.45, 7) is 1.99. The number of piperidine rings is 1. The van der Waals surface area contributed by atoms with E-state index in [1.807, 2.05) is 9.80 Å². The first-order chi connectivity index (χ1) is 10.2. The average molecular weight is 293 g/mol. The van der Waals surface area contributed by atoms with Crippen molar-refractivity contribution >= 4 is 11.8 Å². The Hall–Kier alpha value is -1.10. The topological polar surface area (TPSA) is 66.6 Å². The van der Waals surface area contributed by atoms with Crippen LogP contribution in [0.4, 0.5) is 0 Å². The summed E-state index contributed by atoms with van der Waals surface area (Å²) in [4.78, 5) is 28.9. The molecule has 3 aliphatic rings. The van der Waals surface area contributed by atoms with Crippen molar-refractivity contribution in [3.63, 3.8) is 0 Å². The number of likely N-dealkylation sites (tertiary alicyclic amines) is 2. The molecule has 2 amide bonds. The second-order valence-electron chi connectivity index (χ2n) is 6.80. The Bertz CT molecular complexity index is 406. The monoisotopic (exact) mass is 293 g/mol. The molecule has 0 radical (unpaired) electrons. The van der Waals surface area contributed by atoms with E-state index in [4.69, 9.17) is 5.73 Å². The summed E-state index contributed by atoms with van der Waals surface area (Å²) in [6, 6.07) is 0.573. The summed E-state index contributed by atoms with van der Waals surface area (Å²) in [5.41, 5.74) is 5.81. The fourth-order valence-electron chi connectivity index (χ4n) is 4.24. The number of hydrogen-bond acceptors (Lipinski definition) is 3. The van der Waals surface area contributed by atoms with Gasteiger partial charge in [0.25, 0.3) is 0 Å². The van der Waals surface area contributed by atoms with Gasteiger partial charge in [0.05, 0.1) is 5.92 Å². The highest BCUT2D eigenvalue weighted by atomic mass is 16.2. The lowest BCUT2D eigenvalue weighted by Crippen LogP contribution is -2.50. The van der Waals surface area contributed by atoms with E-state index < -0.39 is 0 Å². The number of nitrogens with two attached hydrogens (primary N) is 1. The lowest BCUT2D eigenvalue weighted by molar-refractivity contribution is -0.139. The molecule has 2 saturated heterocycles. The van der Waals surface area contributed by atoms with Gasteiger partial charge in [-0.05, 0) is 32.1 Å². The summed E-state index contributed by atoms with van der Waals surface area (Å²) in [5.74, 6) is 0.214. The normalized spacial score (nSPS) is 31.2. The van der Waals surface area contributed by atoms with Gasteiger partial charge in [-0.1, -0.05) is 12.8 Å². The maximum absolute atomic E-state index is 12.8. The second-order valence-corrected chi connectivity index (χ2v) is 6.80. The summed E-state index contributed by atoms with van der Waals surface area (Å²) < 4.78 is 0. The van der Waals surface area contributed by atoms with E-state index in [9.17, 15) is 9.59 Å². The minimum absolute atomic E-state index is 0.134. The highest BCUT2D eigenvalue weighted by Gasteiger charge is 2.41. The lowest BCUT2D eigenvalue weighted by atomic mass is 9.98. The van der Waals surface area contributed by atoms with Crippen molar-refractivity contribution in [3.05, 3.63) is 0 Å². The minimum atomic E-state index is -0.134. The van der Waals surface area contributed by atoms with Crippen molar-refractivity contribution in [2.75, 3.05) is 19.6 Å². The Morgan fingerprint density at radius 2 is 1.86 bits per heavy atom. The van der Waals surface area contributed by atoms with Crippen molar-refractivity contribution in [1.82, 2.24) is 9.80 Å². The smallest absolute Gasteiger partial charge is 0.228 e. The zero-order chi connectivity index (χ0) is 14.8. The van der Waals surface area contributed by atoms with Gasteiger partial charge >= 0.3 is 0 Å². The predicted octanol–water partition coefficient (Wildman–Crippen LogP) is 1.12. The summed E-state index contributed by atoms with van der Waals surface area (Å²) in [5, 5.41) is 0. The summed E-state index contributed by atoms with van der Waals surface area (Å²) >= 11 is 0. The standard InChI is InChI=1S/C16H27N3O2/c17-10-14-7-3-4-8-18(14)16(21)12-9-15(20)19(11-12)13-5-1-2-6-13/h12-14H,1-11,17H2. The Morgan fingerprint density at radius 3 is 2.57 bits per heavy atom. The highest BCUT2D eigenvalue weighted by Crippen LogP contribution is 2.31.